The quantitative estimate of drug-likeness (QED) is 0.687. The highest BCUT2D eigenvalue weighted by Crippen LogP contribution is 2.41. The molecular formula is C17H16N4O3. The van der Waals surface area contributed by atoms with E-state index in [0.29, 0.717) is 23.3 Å². The van der Waals surface area contributed by atoms with Gasteiger partial charge in [0.15, 0.2) is 11.4 Å². The van der Waals surface area contributed by atoms with Crippen LogP contribution in [0.4, 0.5) is 0 Å². The minimum Gasteiger partial charge on any atom is -0.464 e. The summed E-state index contributed by atoms with van der Waals surface area (Å²) < 4.78 is 12.1. The number of benzene rings is 1. The number of fused-ring (bicyclic) bond motifs is 1. The summed E-state index contributed by atoms with van der Waals surface area (Å²) in [7, 11) is 1.32. The largest absolute Gasteiger partial charge is 0.464 e. The molecule has 1 aliphatic carbocycles. The molecule has 24 heavy (non-hydrogen) atoms. The number of hydrogen-bond acceptors (Lipinski definition) is 6. The van der Waals surface area contributed by atoms with E-state index >= 15 is 0 Å². The van der Waals surface area contributed by atoms with Crippen molar-refractivity contribution in [3.63, 3.8) is 0 Å². The molecule has 1 aliphatic rings. The Hall–Kier alpha value is -2.96. The van der Waals surface area contributed by atoms with E-state index in [2.05, 4.69) is 21.1 Å². The van der Waals surface area contributed by atoms with Crippen molar-refractivity contribution < 1.29 is 14.3 Å². The highest BCUT2D eigenvalue weighted by Gasteiger charge is 2.25. The maximum atomic E-state index is 12.2. The van der Waals surface area contributed by atoms with Gasteiger partial charge < -0.3 is 9.47 Å². The zero-order chi connectivity index (χ0) is 16.7. The molecule has 7 heteroatoms. The first kappa shape index (κ1) is 14.6. The van der Waals surface area contributed by atoms with Gasteiger partial charge in [0.05, 0.1) is 13.3 Å². The smallest absolute Gasteiger partial charge is 0.360 e. The third-order valence-corrected chi connectivity index (χ3v) is 3.95. The predicted octanol–water partition coefficient (Wildman–Crippen LogP) is 2.89. The van der Waals surface area contributed by atoms with Crippen molar-refractivity contribution in [1.29, 1.82) is 0 Å². The standard InChI is InChI=1S/C17H16N4O3/c1-10-19-17-18-9-14(15(16(22)23-2)21(17)20-10)24-13-5-3-4-12(8-13)11-6-7-11/h3-5,8-9,11H,6-7H2,1-2H3. The topological polar surface area (TPSA) is 78.6 Å². The number of rotatable bonds is 4. The van der Waals surface area contributed by atoms with Gasteiger partial charge in [0.1, 0.15) is 11.6 Å². The van der Waals surface area contributed by atoms with E-state index in [4.69, 9.17) is 9.47 Å². The van der Waals surface area contributed by atoms with Crippen LogP contribution in [0.15, 0.2) is 30.5 Å². The van der Waals surface area contributed by atoms with Gasteiger partial charge in [0, 0.05) is 0 Å². The molecule has 0 spiro atoms. The number of carbonyl (C=O) groups is 1. The van der Waals surface area contributed by atoms with Crippen molar-refractivity contribution in [2.45, 2.75) is 25.7 Å². The lowest BCUT2D eigenvalue weighted by Crippen LogP contribution is -2.12. The third kappa shape index (κ3) is 2.58. The molecular weight excluding hydrogens is 308 g/mol. The van der Waals surface area contributed by atoms with Crippen molar-refractivity contribution in [2.24, 2.45) is 0 Å². The summed E-state index contributed by atoms with van der Waals surface area (Å²) in [5.74, 6) is 1.84. The van der Waals surface area contributed by atoms with E-state index in [0.717, 1.165) is 0 Å². The maximum Gasteiger partial charge on any atom is 0.360 e. The molecule has 0 radical (unpaired) electrons. The van der Waals surface area contributed by atoms with E-state index in [-0.39, 0.29) is 11.4 Å². The lowest BCUT2D eigenvalue weighted by molar-refractivity contribution is 0.0587. The van der Waals surface area contributed by atoms with Gasteiger partial charge in [-0.3, -0.25) is 0 Å². The molecule has 0 aliphatic heterocycles. The molecule has 122 valence electrons. The fraction of sp³-hybridized carbons (Fsp3) is 0.294. The van der Waals surface area contributed by atoms with Crippen LogP contribution in [0.5, 0.6) is 11.5 Å². The van der Waals surface area contributed by atoms with Crippen LogP contribution in [0.2, 0.25) is 0 Å². The van der Waals surface area contributed by atoms with Crippen LogP contribution in [0.1, 0.15) is 40.6 Å². The number of aromatic nitrogens is 4. The molecule has 2 heterocycles. The first-order valence-corrected chi connectivity index (χ1v) is 7.74. The molecule has 0 N–H and O–H groups in total. The molecule has 4 rings (SSSR count). The Bertz CT molecular complexity index is 931. The van der Waals surface area contributed by atoms with Crippen LogP contribution in [-0.4, -0.2) is 32.7 Å². The van der Waals surface area contributed by atoms with E-state index in [1.165, 1.54) is 36.2 Å². The summed E-state index contributed by atoms with van der Waals surface area (Å²) in [6, 6.07) is 7.89. The Labute approximate surface area is 138 Å². The molecule has 1 saturated carbocycles. The Morgan fingerprint density at radius 3 is 2.92 bits per heavy atom. The van der Waals surface area contributed by atoms with Crippen molar-refractivity contribution >= 4 is 11.7 Å². The highest BCUT2D eigenvalue weighted by molar-refractivity contribution is 5.91. The average Bonchev–Trinajstić information content (AvgIpc) is 3.36. The lowest BCUT2D eigenvalue weighted by Gasteiger charge is -2.11. The van der Waals surface area contributed by atoms with Crippen molar-refractivity contribution in [2.75, 3.05) is 7.11 Å². The van der Waals surface area contributed by atoms with Crippen molar-refractivity contribution in [1.82, 2.24) is 19.6 Å². The molecule has 0 bridgehead atoms. The first-order valence-electron chi connectivity index (χ1n) is 7.74. The SMILES string of the molecule is COC(=O)c1c(Oc2cccc(C3CC3)c2)cnc2nc(C)nn12. The van der Waals surface area contributed by atoms with Gasteiger partial charge in [-0.2, -0.15) is 9.50 Å². The second-order valence-corrected chi connectivity index (χ2v) is 5.78. The van der Waals surface area contributed by atoms with Gasteiger partial charge in [0.2, 0.25) is 0 Å². The maximum absolute atomic E-state index is 12.2. The van der Waals surface area contributed by atoms with Gasteiger partial charge in [-0.05, 0) is 43.4 Å². The lowest BCUT2D eigenvalue weighted by atomic mass is 10.1. The summed E-state index contributed by atoms with van der Waals surface area (Å²) in [6.45, 7) is 1.73. The molecule has 2 aromatic heterocycles. The van der Waals surface area contributed by atoms with E-state index in [1.807, 2.05) is 18.2 Å². The molecule has 1 fully saturated rings. The van der Waals surface area contributed by atoms with Crippen LogP contribution in [0, 0.1) is 6.92 Å². The zero-order valence-corrected chi connectivity index (χ0v) is 13.4. The first-order chi connectivity index (χ1) is 11.7. The minimum atomic E-state index is -0.555. The Morgan fingerprint density at radius 1 is 1.33 bits per heavy atom. The van der Waals surface area contributed by atoms with Crippen molar-refractivity contribution in [3.05, 3.63) is 47.5 Å². The number of esters is 1. The fourth-order valence-electron chi connectivity index (χ4n) is 2.65. The average molecular weight is 324 g/mol. The highest BCUT2D eigenvalue weighted by atomic mass is 16.5. The fourth-order valence-corrected chi connectivity index (χ4v) is 2.65. The van der Waals surface area contributed by atoms with E-state index in [1.54, 1.807) is 6.92 Å². The predicted molar refractivity (Wildman–Crippen MR) is 85.3 cm³/mol. The van der Waals surface area contributed by atoms with Crippen LogP contribution >= 0.6 is 0 Å². The van der Waals surface area contributed by atoms with Gasteiger partial charge in [-0.25, -0.2) is 9.78 Å². The summed E-state index contributed by atoms with van der Waals surface area (Å²) in [4.78, 5) is 20.6. The van der Waals surface area contributed by atoms with Crippen LogP contribution in [0.25, 0.3) is 5.78 Å². The molecule has 3 aromatic rings. The van der Waals surface area contributed by atoms with Crippen LogP contribution in [0.3, 0.4) is 0 Å². The van der Waals surface area contributed by atoms with E-state index < -0.39 is 5.97 Å². The van der Waals surface area contributed by atoms with Crippen LogP contribution < -0.4 is 4.74 Å². The Balaban J connectivity index is 1.78. The van der Waals surface area contributed by atoms with Gasteiger partial charge in [-0.1, -0.05) is 12.1 Å². The molecule has 0 saturated heterocycles. The molecule has 0 unspecified atom stereocenters. The Morgan fingerprint density at radius 2 is 2.17 bits per heavy atom. The van der Waals surface area contributed by atoms with Gasteiger partial charge in [0.25, 0.3) is 5.78 Å². The Kier molecular flexibility index (Phi) is 3.41. The van der Waals surface area contributed by atoms with Gasteiger partial charge >= 0.3 is 5.97 Å². The normalized spacial score (nSPS) is 13.9. The second kappa shape index (κ2) is 5.59. The number of ether oxygens (including phenoxy) is 2. The summed E-state index contributed by atoms with van der Waals surface area (Å²) >= 11 is 0. The number of hydrogen-bond donors (Lipinski definition) is 0. The number of aryl methyl sites for hydroxylation is 1. The molecule has 1 aromatic carbocycles. The third-order valence-electron chi connectivity index (χ3n) is 3.95. The summed E-state index contributed by atoms with van der Waals surface area (Å²) in [5.41, 5.74) is 1.41. The van der Waals surface area contributed by atoms with Crippen LogP contribution in [-0.2, 0) is 4.74 Å². The number of carbonyl (C=O) groups excluding carboxylic acids is 1. The minimum absolute atomic E-state index is 0.167. The number of methoxy groups -OCH3 is 1. The molecule has 0 amide bonds. The zero-order valence-electron chi connectivity index (χ0n) is 13.4. The molecule has 7 nitrogen and oxygen atoms in total. The number of nitrogens with zero attached hydrogens (tertiary/aromatic N) is 4. The summed E-state index contributed by atoms with van der Waals surface area (Å²) in [5, 5.41) is 4.20. The monoisotopic (exact) mass is 324 g/mol. The second-order valence-electron chi connectivity index (χ2n) is 5.78. The van der Waals surface area contributed by atoms with E-state index in [9.17, 15) is 4.79 Å². The van der Waals surface area contributed by atoms with Crippen molar-refractivity contribution in [3.8, 4) is 11.5 Å². The molecule has 0 atom stereocenters. The summed E-state index contributed by atoms with van der Waals surface area (Å²) in [6.07, 6.45) is 3.89. The van der Waals surface area contributed by atoms with Gasteiger partial charge in [-0.15, -0.1) is 5.10 Å².